The molecule has 27 heavy (non-hydrogen) atoms. The van der Waals surface area contributed by atoms with Crippen LogP contribution in [0.4, 0.5) is 0 Å². The number of aliphatic carboxylic acids is 1. The first-order valence-corrected chi connectivity index (χ1v) is 10.9. The van der Waals surface area contributed by atoms with Gasteiger partial charge in [0, 0.05) is 19.1 Å². The van der Waals surface area contributed by atoms with E-state index in [1.165, 1.54) is 4.31 Å². The fourth-order valence-electron chi connectivity index (χ4n) is 3.83. The van der Waals surface area contributed by atoms with E-state index >= 15 is 0 Å². The molecule has 0 spiro atoms. The minimum absolute atomic E-state index is 0.0997. The highest BCUT2D eigenvalue weighted by molar-refractivity contribution is 7.89. The van der Waals surface area contributed by atoms with Gasteiger partial charge < -0.3 is 10.4 Å². The molecule has 1 aromatic rings. The molecule has 0 aromatic heterocycles. The first kappa shape index (κ1) is 19.8. The number of benzene rings is 1. The van der Waals surface area contributed by atoms with Crippen LogP contribution in [0.1, 0.15) is 44.1 Å². The van der Waals surface area contributed by atoms with Crippen molar-refractivity contribution < 1.29 is 23.1 Å². The Morgan fingerprint density at radius 3 is 2.33 bits per heavy atom. The van der Waals surface area contributed by atoms with Crippen LogP contribution in [-0.4, -0.2) is 48.8 Å². The van der Waals surface area contributed by atoms with Crippen molar-refractivity contribution in [1.82, 2.24) is 9.62 Å². The molecule has 148 valence electrons. The molecular formula is C19H26N2O5S. The second-order valence-corrected chi connectivity index (χ2v) is 9.34. The molecule has 2 atom stereocenters. The largest absolute Gasteiger partial charge is 0.481 e. The number of nitrogens with zero attached hydrogens (tertiary/aromatic N) is 1. The molecule has 7 nitrogen and oxygen atoms in total. The van der Waals surface area contributed by atoms with E-state index in [1.54, 1.807) is 24.3 Å². The number of carbonyl (C=O) groups is 2. The summed E-state index contributed by atoms with van der Waals surface area (Å²) in [4.78, 5) is 23.4. The molecule has 2 aliphatic rings. The predicted molar refractivity (Wildman–Crippen MR) is 99.7 cm³/mol. The molecular weight excluding hydrogens is 368 g/mol. The molecule has 1 aromatic carbocycles. The van der Waals surface area contributed by atoms with Crippen LogP contribution in [0.25, 0.3) is 0 Å². The van der Waals surface area contributed by atoms with Crippen molar-refractivity contribution in [3.63, 3.8) is 0 Å². The second kappa shape index (κ2) is 8.39. The van der Waals surface area contributed by atoms with Gasteiger partial charge in [0.05, 0.1) is 17.2 Å². The number of nitrogens with one attached hydrogen (secondary N) is 1. The second-order valence-electron chi connectivity index (χ2n) is 7.40. The van der Waals surface area contributed by atoms with Crippen molar-refractivity contribution in [3.8, 4) is 0 Å². The molecule has 2 fully saturated rings. The summed E-state index contributed by atoms with van der Waals surface area (Å²) in [6, 6.07) is 6.36. The average Bonchev–Trinajstić information content (AvgIpc) is 3.11. The third-order valence-electron chi connectivity index (χ3n) is 5.39. The number of amides is 1. The van der Waals surface area contributed by atoms with Gasteiger partial charge in [-0.15, -0.1) is 0 Å². The highest BCUT2D eigenvalue weighted by atomic mass is 32.2. The monoisotopic (exact) mass is 394 g/mol. The van der Waals surface area contributed by atoms with Crippen LogP contribution in [0.15, 0.2) is 29.2 Å². The SMILES string of the molecule is O=C(Cc1ccc(S(=O)(=O)N2CCCCC2)cc1)N[C@H]1CC[C@@H](C(=O)O)C1. The quantitative estimate of drug-likeness (QED) is 0.765. The molecule has 1 saturated heterocycles. The molecule has 1 heterocycles. The lowest BCUT2D eigenvalue weighted by atomic mass is 10.1. The van der Waals surface area contributed by atoms with Gasteiger partial charge in [-0.3, -0.25) is 9.59 Å². The van der Waals surface area contributed by atoms with Crippen LogP contribution in [0.5, 0.6) is 0 Å². The van der Waals surface area contributed by atoms with E-state index in [1.807, 2.05) is 0 Å². The summed E-state index contributed by atoms with van der Waals surface area (Å²) in [7, 11) is -3.46. The molecule has 3 rings (SSSR count). The number of hydrogen-bond acceptors (Lipinski definition) is 4. The zero-order valence-corrected chi connectivity index (χ0v) is 16.1. The van der Waals surface area contributed by atoms with E-state index in [0.29, 0.717) is 32.4 Å². The number of sulfonamides is 1. The van der Waals surface area contributed by atoms with Crippen molar-refractivity contribution in [3.05, 3.63) is 29.8 Å². The van der Waals surface area contributed by atoms with E-state index in [9.17, 15) is 18.0 Å². The van der Waals surface area contributed by atoms with Gasteiger partial charge in [0.15, 0.2) is 0 Å². The number of piperidine rings is 1. The van der Waals surface area contributed by atoms with Crippen molar-refractivity contribution in [2.24, 2.45) is 5.92 Å². The average molecular weight is 394 g/mol. The van der Waals surface area contributed by atoms with Gasteiger partial charge in [0.1, 0.15) is 0 Å². The van der Waals surface area contributed by atoms with Gasteiger partial charge >= 0.3 is 5.97 Å². The molecule has 8 heteroatoms. The van der Waals surface area contributed by atoms with Crippen LogP contribution in [0.2, 0.25) is 0 Å². The Bertz CT molecular complexity index is 785. The molecule has 0 radical (unpaired) electrons. The lowest BCUT2D eigenvalue weighted by Crippen LogP contribution is -2.35. The Hall–Kier alpha value is -1.93. The Kier molecular flexibility index (Phi) is 6.16. The number of carbonyl (C=O) groups excluding carboxylic acids is 1. The molecule has 0 unspecified atom stereocenters. The van der Waals surface area contributed by atoms with Crippen LogP contribution < -0.4 is 5.32 Å². The first-order valence-electron chi connectivity index (χ1n) is 9.47. The Balaban J connectivity index is 1.56. The van der Waals surface area contributed by atoms with E-state index in [-0.39, 0.29) is 29.2 Å². The van der Waals surface area contributed by atoms with Crippen LogP contribution >= 0.6 is 0 Å². The number of carboxylic acid groups (broad SMARTS) is 1. The Morgan fingerprint density at radius 1 is 1.07 bits per heavy atom. The minimum atomic E-state index is -3.46. The summed E-state index contributed by atoms with van der Waals surface area (Å²) < 4.78 is 26.8. The van der Waals surface area contributed by atoms with E-state index in [0.717, 1.165) is 24.8 Å². The van der Waals surface area contributed by atoms with Gasteiger partial charge in [-0.2, -0.15) is 4.31 Å². The van der Waals surface area contributed by atoms with Gasteiger partial charge in [0.25, 0.3) is 0 Å². The summed E-state index contributed by atoms with van der Waals surface area (Å²) in [5, 5.41) is 11.9. The maximum Gasteiger partial charge on any atom is 0.306 e. The maximum atomic E-state index is 12.6. The van der Waals surface area contributed by atoms with Crippen molar-refractivity contribution in [2.45, 2.75) is 55.9 Å². The van der Waals surface area contributed by atoms with Gasteiger partial charge in [0.2, 0.25) is 15.9 Å². The third kappa shape index (κ3) is 4.87. The van der Waals surface area contributed by atoms with Crippen LogP contribution in [0, 0.1) is 5.92 Å². The Morgan fingerprint density at radius 2 is 1.74 bits per heavy atom. The standard InChI is InChI=1S/C19H26N2O5S/c22-18(20-16-7-6-15(13-16)19(23)24)12-14-4-8-17(9-5-14)27(25,26)21-10-2-1-3-11-21/h4-5,8-9,15-16H,1-3,6-7,10-13H2,(H,20,22)(H,23,24)/t15-,16+/m1/s1. The summed E-state index contributed by atoms with van der Waals surface area (Å²) in [6.07, 6.45) is 4.72. The zero-order valence-electron chi connectivity index (χ0n) is 15.3. The fourth-order valence-corrected chi connectivity index (χ4v) is 5.35. The van der Waals surface area contributed by atoms with Crippen molar-refractivity contribution in [1.29, 1.82) is 0 Å². The van der Waals surface area contributed by atoms with E-state index in [2.05, 4.69) is 5.32 Å². The van der Waals surface area contributed by atoms with Crippen LogP contribution in [-0.2, 0) is 26.0 Å². The fraction of sp³-hybridized carbons (Fsp3) is 0.579. The molecule has 1 amide bonds. The summed E-state index contributed by atoms with van der Waals surface area (Å²) in [6.45, 7) is 1.12. The number of carboxylic acids is 1. The highest BCUT2D eigenvalue weighted by Crippen LogP contribution is 2.26. The lowest BCUT2D eigenvalue weighted by Gasteiger charge is -2.25. The van der Waals surface area contributed by atoms with Crippen LogP contribution in [0.3, 0.4) is 0 Å². The predicted octanol–water partition coefficient (Wildman–Crippen LogP) is 1.77. The number of rotatable bonds is 6. The smallest absolute Gasteiger partial charge is 0.306 e. The summed E-state index contributed by atoms with van der Waals surface area (Å²) in [5.41, 5.74) is 0.734. The van der Waals surface area contributed by atoms with Crippen molar-refractivity contribution >= 4 is 21.9 Å². The Labute approximate surface area is 159 Å². The normalized spacial score (nSPS) is 23.9. The number of hydrogen-bond donors (Lipinski definition) is 2. The maximum absolute atomic E-state index is 12.6. The lowest BCUT2D eigenvalue weighted by molar-refractivity contribution is -0.141. The van der Waals surface area contributed by atoms with Gasteiger partial charge in [-0.05, 0) is 49.8 Å². The molecule has 1 aliphatic carbocycles. The minimum Gasteiger partial charge on any atom is -0.481 e. The summed E-state index contributed by atoms with van der Waals surface area (Å²) in [5.74, 6) is -1.36. The van der Waals surface area contributed by atoms with Gasteiger partial charge in [-0.1, -0.05) is 18.6 Å². The summed E-state index contributed by atoms with van der Waals surface area (Å²) >= 11 is 0. The molecule has 2 N–H and O–H groups in total. The zero-order chi connectivity index (χ0) is 19.4. The first-order chi connectivity index (χ1) is 12.9. The third-order valence-corrected chi connectivity index (χ3v) is 7.30. The molecule has 0 bridgehead atoms. The van der Waals surface area contributed by atoms with E-state index < -0.39 is 16.0 Å². The molecule has 1 saturated carbocycles. The van der Waals surface area contributed by atoms with Crippen molar-refractivity contribution in [2.75, 3.05) is 13.1 Å². The van der Waals surface area contributed by atoms with Gasteiger partial charge in [-0.25, -0.2) is 8.42 Å². The molecule has 1 aliphatic heterocycles. The highest BCUT2D eigenvalue weighted by Gasteiger charge is 2.30. The topological polar surface area (TPSA) is 104 Å². The van der Waals surface area contributed by atoms with E-state index in [4.69, 9.17) is 5.11 Å².